The molecule has 30 heavy (non-hydrogen) atoms. The van der Waals surface area contributed by atoms with Crippen LogP contribution in [0.25, 0.3) is 0 Å². The fraction of sp³-hybridized carbons (Fsp3) is 0.318. The number of benzene rings is 2. The van der Waals surface area contributed by atoms with Crippen molar-refractivity contribution >= 4 is 34.9 Å². The average Bonchev–Trinajstić information content (AvgIpc) is 2.76. The number of nitrogens with zero attached hydrogens (tertiary/aromatic N) is 2. The molecule has 0 aromatic heterocycles. The zero-order chi connectivity index (χ0) is 21.5. The van der Waals surface area contributed by atoms with Gasteiger partial charge in [-0.05, 0) is 49.4 Å². The van der Waals surface area contributed by atoms with Crippen molar-refractivity contribution in [3.63, 3.8) is 0 Å². The minimum absolute atomic E-state index is 0.0483. The standard InChI is InChI=1S/C22H23ClN2O5/c1-16(26)17-5-7-20(8-6-17)29-15-22(28)30-14-21(27)25-11-9-24(10-12-25)19-4-2-3-18(23)13-19/h2-8,13H,9-12,14-15H2,1H3. The zero-order valence-corrected chi connectivity index (χ0v) is 17.4. The molecule has 1 amide bonds. The van der Waals surface area contributed by atoms with Crippen LogP contribution in [-0.2, 0) is 14.3 Å². The fourth-order valence-corrected chi connectivity index (χ4v) is 3.27. The number of anilines is 1. The number of rotatable bonds is 7. The maximum atomic E-state index is 12.3. The molecule has 1 saturated heterocycles. The van der Waals surface area contributed by atoms with Gasteiger partial charge in [-0.3, -0.25) is 9.59 Å². The van der Waals surface area contributed by atoms with Gasteiger partial charge in [0.15, 0.2) is 19.0 Å². The molecule has 158 valence electrons. The summed E-state index contributed by atoms with van der Waals surface area (Å²) in [4.78, 5) is 39.2. The first-order chi connectivity index (χ1) is 14.4. The van der Waals surface area contributed by atoms with E-state index in [1.165, 1.54) is 6.92 Å². The summed E-state index contributed by atoms with van der Waals surface area (Å²) in [6, 6.07) is 14.1. The van der Waals surface area contributed by atoms with Gasteiger partial charge in [0, 0.05) is 42.5 Å². The monoisotopic (exact) mass is 430 g/mol. The molecule has 0 spiro atoms. The van der Waals surface area contributed by atoms with Gasteiger partial charge in [-0.25, -0.2) is 4.79 Å². The number of esters is 1. The third-order valence-corrected chi connectivity index (χ3v) is 5.01. The summed E-state index contributed by atoms with van der Waals surface area (Å²) in [5, 5.41) is 0.676. The lowest BCUT2D eigenvalue weighted by molar-refractivity contribution is -0.153. The summed E-state index contributed by atoms with van der Waals surface area (Å²) < 4.78 is 10.4. The minimum atomic E-state index is -0.628. The predicted octanol–water partition coefficient (Wildman–Crippen LogP) is 2.81. The van der Waals surface area contributed by atoms with E-state index >= 15 is 0 Å². The Hall–Kier alpha value is -3.06. The molecule has 7 nitrogen and oxygen atoms in total. The summed E-state index contributed by atoms with van der Waals surface area (Å²) in [6.45, 7) is 3.29. The molecule has 0 unspecified atom stereocenters. The number of halogens is 1. The predicted molar refractivity (Wildman–Crippen MR) is 113 cm³/mol. The highest BCUT2D eigenvalue weighted by atomic mass is 35.5. The number of amides is 1. The Labute approximate surface area is 180 Å². The minimum Gasteiger partial charge on any atom is -0.482 e. The second-order valence-electron chi connectivity index (χ2n) is 6.88. The zero-order valence-electron chi connectivity index (χ0n) is 16.7. The Kier molecular flexibility index (Phi) is 7.30. The van der Waals surface area contributed by atoms with Gasteiger partial charge in [-0.15, -0.1) is 0 Å². The Morgan fingerprint density at radius 2 is 1.67 bits per heavy atom. The second kappa shape index (κ2) is 10.1. The van der Waals surface area contributed by atoms with E-state index in [1.54, 1.807) is 29.2 Å². The van der Waals surface area contributed by atoms with Crippen molar-refractivity contribution in [3.8, 4) is 5.75 Å². The van der Waals surface area contributed by atoms with Gasteiger partial charge in [0.25, 0.3) is 5.91 Å². The van der Waals surface area contributed by atoms with Crippen LogP contribution in [0.15, 0.2) is 48.5 Å². The van der Waals surface area contributed by atoms with E-state index in [-0.39, 0.29) is 24.9 Å². The lowest BCUT2D eigenvalue weighted by Crippen LogP contribution is -2.50. The summed E-state index contributed by atoms with van der Waals surface area (Å²) in [5.41, 5.74) is 1.58. The van der Waals surface area contributed by atoms with Crippen molar-refractivity contribution in [1.82, 2.24) is 4.90 Å². The van der Waals surface area contributed by atoms with Crippen LogP contribution in [0.5, 0.6) is 5.75 Å². The summed E-state index contributed by atoms with van der Waals surface area (Å²) in [5.74, 6) is -0.468. The molecule has 2 aromatic carbocycles. The first kappa shape index (κ1) is 21.6. The first-order valence-electron chi connectivity index (χ1n) is 9.60. The van der Waals surface area contributed by atoms with Crippen LogP contribution in [-0.4, -0.2) is 62.0 Å². The molecular weight excluding hydrogens is 408 g/mol. The van der Waals surface area contributed by atoms with Crippen LogP contribution >= 0.6 is 11.6 Å². The van der Waals surface area contributed by atoms with Gasteiger partial charge < -0.3 is 19.3 Å². The van der Waals surface area contributed by atoms with Crippen molar-refractivity contribution in [2.75, 3.05) is 44.3 Å². The number of carbonyl (C=O) groups excluding carboxylic acids is 3. The summed E-state index contributed by atoms with van der Waals surface area (Å²) in [6.07, 6.45) is 0. The van der Waals surface area contributed by atoms with Crippen molar-refractivity contribution < 1.29 is 23.9 Å². The van der Waals surface area contributed by atoms with E-state index < -0.39 is 5.97 Å². The Bertz CT molecular complexity index is 908. The van der Waals surface area contributed by atoms with E-state index in [9.17, 15) is 14.4 Å². The first-order valence-corrected chi connectivity index (χ1v) is 9.98. The molecule has 0 bridgehead atoms. The third-order valence-electron chi connectivity index (χ3n) is 4.78. The molecule has 8 heteroatoms. The molecule has 1 aliphatic heterocycles. The number of piperazine rings is 1. The van der Waals surface area contributed by atoms with Gasteiger partial charge in [0.1, 0.15) is 5.75 Å². The Balaban J connectivity index is 1.38. The highest BCUT2D eigenvalue weighted by molar-refractivity contribution is 6.30. The van der Waals surface area contributed by atoms with E-state index in [2.05, 4.69) is 4.90 Å². The van der Waals surface area contributed by atoms with Gasteiger partial charge in [0.2, 0.25) is 0 Å². The maximum absolute atomic E-state index is 12.3. The number of carbonyl (C=O) groups is 3. The molecule has 0 radical (unpaired) electrons. The molecule has 1 fully saturated rings. The molecule has 0 saturated carbocycles. The van der Waals surface area contributed by atoms with Crippen LogP contribution in [0.3, 0.4) is 0 Å². The van der Waals surface area contributed by atoms with E-state index in [0.29, 0.717) is 42.5 Å². The topological polar surface area (TPSA) is 76.2 Å². The molecule has 0 atom stereocenters. The number of hydrogen-bond acceptors (Lipinski definition) is 6. The van der Waals surface area contributed by atoms with E-state index in [1.807, 2.05) is 24.3 Å². The van der Waals surface area contributed by atoms with Crippen molar-refractivity contribution in [2.45, 2.75) is 6.92 Å². The summed E-state index contributed by atoms with van der Waals surface area (Å²) >= 11 is 6.03. The largest absolute Gasteiger partial charge is 0.482 e. The number of Topliss-reactive ketones (excluding diaryl/α,β-unsaturated/α-hetero) is 1. The number of ketones is 1. The molecule has 1 heterocycles. The molecule has 0 N–H and O–H groups in total. The lowest BCUT2D eigenvalue weighted by Gasteiger charge is -2.36. The highest BCUT2D eigenvalue weighted by Gasteiger charge is 2.22. The quantitative estimate of drug-likeness (QED) is 0.496. The second-order valence-corrected chi connectivity index (χ2v) is 7.31. The van der Waals surface area contributed by atoms with Crippen LogP contribution in [0, 0.1) is 0 Å². The molecule has 3 rings (SSSR count). The smallest absolute Gasteiger partial charge is 0.344 e. The maximum Gasteiger partial charge on any atom is 0.344 e. The molecule has 1 aliphatic rings. The highest BCUT2D eigenvalue weighted by Crippen LogP contribution is 2.20. The van der Waals surface area contributed by atoms with Crippen LogP contribution in [0.2, 0.25) is 5.02 Å². The summed E-state index contributed by atoms with van der Waals surface area (Å²) in [7, 11) is 0. The van der Waals surface area contributed by atoms with E-state index in [4.69, 9.17) is 21.1 Å². The Morgan fingerprint density at radius 1 is 0.967 bits per heavy atom. The fourth-order valence-electron chi connectivity index (χ4n) is 3.09. The normalized spacial score (nSPS) is 13.7. The van der Waals surface area contributed by atoms with Crippen LogP contribution in [0.1, 0.15) is 17.3 Å². The number of hydrogen-bond donors (Lipinski definition) is 0. The molecular formula is C22H23ClN2O5. The van der Waals surface area contributed by atoms with Gasteiger partial charge in [-0.1, -0.05) is 17.7 Å². The number of ether oxygens (including phenoxy) is 2. The lowest BCUT2D eigenvalue weighted by atomic mass is 10.1. The van der Waals surface area contributed by atoms with Crippen molar-refractivity contribution in [1.29, 1.82) is 0 Å². The van der Waals surface area contributed by atoms with Gasteiger partial charge >= 0.3 is 5.97 Å². The van der Waals surface area contributed by atoms with E-state index in [0.717, 1.165) is 5.69 Å². The van der Waals surface area contributed by atoms with Gasteiger partial charge in [0.05, 0.1) is 0 Å². The molecule has 0 aliphatic carbocycles. The van der Waals surface area contributed by atoms with Crippen molar-refractivity contribution in [3.05, 3.63) is 59.1 Å². The van der Waals surface area contributed by atoms with Crippen LogP contribution in [0.4, 0.5) is 5.69 Å². The van der Waals surface area contributed by atoms with Gasteiger partial charge in [-0.2, -0.15) is 0 Å². The Morgan fingerprint density at radius 3 is 2.30 bits per heavy atom. The van der Waals surface area contributed by atoms with Crippen LogP contribution < -0.4 is 9.64 Å². The average molecular weight is 431 g/mol. The van der Waals surface area contributed by atoms with Crippen molar-refractivity contribution in [2.24, 2.45) is 0 Å². The molecule has 2 aromatic rings. The SMILES string of the molecule is CC(=O)c1ccc(OCC(=O)OCC(=O)N2CCN(c3cccc(Cl)c3)CC2)cc1. The third kappa shape index (κ3) is 5.97.